The van der Waals surface area contributed by atoms with Gasteiger partial charge in [0.25, 0.3) is 11.9 Å². The highest BCUT2D eigenvalue weighted by molar-refractivity contribution is 5.91. The summed E-state index contributed by atoms with van der Waals surface area (Å²) in [5.74, 6) is 1.57. The first-order chi connectivity index (χ1) is 9.81. The number of nitrogens with one attached hydrogen (secondary N) is 2. The molecular weight excluding hydrogens is 292 g/mol. The molecule has 112 valence electrons. The first-order valence-electron chi connectivity index (χ1n) is 6.63. The lowest BCUT2D eigenvalue weighted by Gasteiger charge is -2.26. The van der Waals surface area contributed by atoms with Crippen molar-refractivity contribution in [1.29, 1.82) is 0 Å². The number of ether oxygens (including phenoxy) is 1. The van der Waals surface area contributed by atoms with E-state index in [2.05, 4.69) is 10.6 Å². The Hall–Kier alpha value is -1.98. The smallest absolute Gasteiger partial charge is 0.290 e. The van der Waals surface area contributed by atoms with E-state index in [1.807, 2.05) is 30.3 Å². The van der Waals surface area contributed by atoms with Crippen molar-refractivity contribution in [3.8, 4) is 11.7 Å². The third-order valence-electron chi connectivity index (χ3n) is 3.18. The van der Waals surface area contributed by atoms with E-state index in [1.165, 1.54) is 0 Å². The Morgan fingerprint density at radius 3 is 2.67 bits per heavy atom. The van der Waals surface area contributed by atoms with E-state index in [9.17, 15) is 4.79 Å². The third-order valence-corrected chi connectivity index (χ3v) is 3.18. The van der Waals surface area contributed by atoms with Crippen LogP contribution < -0.4 is 15.4 Å². The van der Waals surface area contributed by atoms with Crippen molar-refractivity contribution in [3.63, 3.8) is 0 Å². The van der Waals surface area contributed by atoms with Crippen LogP contribution in [-0.4, -0.2) is 25.5 Å². The third kappa shape index (κ3) is 4.00. The zero-order chi connectivity index (χ0) is 13.8. The second-order valence-electron chi connectivity index (χ2n) is 4.77. The van der Waals surface area contributed by atoms with Crippen LogP contribution in [0.5, 0.6) is 11.7 Å². The summed E-state index contributed by atoms with van der Waals surface area (Å²) in [4.78, 5) is 11.9. The van der Waals surface area contributed by atoms with Crippen LogP contribution in [0.15, 0.2) is 46.9 Å². The van der Waals surface area contributed by atoms with Crippen molar-refractivity contribution < 1.29 is 13.9 Å². The Morgan fingerprint density at radius 1 is 1.24 bits per heavy atom. The van der Waals surface area contributed by atoms with E-state index in [4.69, 9.17) is 9.15 Å². The molecule has 6 heteroatoms. The quantitative estimate of drug-likeness (QED) is 0.890. The van der Waals surface area contributed by atoms with E-state index < -0.39 is 0 Å². The second kappa shape index (κ2) is 7.15. The molecule has 1 amide bonds. The van der Waals surface area contributed by atoms with Gasteiger partial charge in [-0.25, -0.2) is 0 Å². The molecule has 2 heterocycles. The molecular formula is C15H17ClN2O3. The average Bonchev–Trinajstić information content (AvgIpc) is 2.86. The van der Waals surface area contributed by atoms with Gasteiger partial charge in [-0.2, -0.15) is 0 Å². The Balaban J connectivity index is 0.00000161. The highest BCUT2D eigenvalue weighted by atomic mass is 35.5. The average molecular weight is 309 g/mol. The van der Waals surface area contributed by atoms with Gasteiger partial charge in [-0.15, -0.1) is 12.4 Å². The molecule has 0 bridgehead atoms. The van der Waals surface area contributed by atoms with Crippen LogP contribution in [0.2, 0.25) is 0 Å². The van der Waals surface area contributed by atoms with Gasteiger partial charge in [0.05, 0.1) is 0 Å². The Kier molecular flexibility index (Phi) is 5.25. The molecule has 21 heavy (non-hydrogen) atoms. The maximum atomic E-state index is 11.9. The molecule has 0 atom stereocenters. The van der Waals surface area contributed by atoms with E-state index in [0.717, 1.165) is 13.1 Å². The zero-order valence-electron chi connectivity index (χ0n) is 11.4. The predicted molar refractivity (Wildman–Crippen MR) is 81.2 cm³/mol. The number of hydrogen-bond acceptors (Lipinski definition) is 4. The molecule has 1 fully saturated rings. The van der Waals surface area contributed by atoms with Crippen LogP contribution in [-0.2, 0) is 0 Å². The van der Waals surface area contributed by atoms with Crippen molar-refractivity contribution >= 4 is 18.3 Å². The molecule has 1 saturated heterocycles. The maximum Gasteiger partial charge on any atom is 0.290 e. The normalized spacial score (nSPS) is 13.9. The van der Waals surface area contributed by atoms with Gasteiger partial charge < -0.3 is 19.8 Å². The minimum atomic E-state index is -0.209. The number of halogens is 1. The van der Waals surface area contributed by atoms with Gasteiger partial charge in [-0.05, 0) is 18.2 Å². The molecule has 0 unspecified atom stereocenters. The molecule has 0 aliphatic carbocycles. The largest absolute Gasteiger partial charge is 0.426 e. The molecule has 0 spiro atoms. The molecule has 1 aromatic heterocycles. The minimum Gasteiger partial charge on any atom is -0.426 e. The number of benzene rings is 1. The predicted octanol–water partition coefficient (Wildman–Crippen LogP) is 2.44. The molecule has 5 nitrogen and oxygen atoms in total. The summed E-state index contributed by atoms with van der Waals surface area (Å²) in [5.41, 5.74) is 0. The summed E-state index contributed by atoms with van der Waals surface area (Å²) in [6.45, 7) is 2.59. The van der Waals surface area contributed by atoms with Gasteiger partial charge in [0.1, 0.15) is 5.75 Å². The van der Waals surface area contributed by atoms with Crippen molar-refractivity contribution in [2.45, 2.75) is 0 Å². The number of carbonyl (C=O) groups is 1. The molecule has 1 aliphatic heterocycles. The molecule has 2 aromatic rings. The Labute approximate surface area is 129 Å². The molecule has 0 radical (unpaired) electrons. The Morgan fingerprint density at radius 2 is 2.00 bits per heavy atom. The fourth-order valence-electron chi connectivity index (χ4n) is 1.92. The van der Waals surface area contributed by atoms with Gasteiger partial charge >= 0.3 is 0 Å². The van der Waals surface area contributed by atoms with Crippen molar-refractivity contribution in [1.82, 2.24) is 10.6 Å². The van der Waals surface area contributed by atoms with Crippen LogP contribution in [0.1, 0.15) is 10.6 Å². The second-order valence-corrected chi connectivity index (χ2v) is 4.77. The van der Waals surface area contributed by atoms with Crippen LogP contribution in [0.25, 0.3) is 0 Å². The van der Waals surface area contributed by atoms with Crippen LogP contribution in [0.3, 0.4) is 0 Å². The molecule has 1 aliphatic rings. The summed E-state index contributed by atoms with van der Waals surface area (Å²) in [6.07, 6.45) is 0. The van der Waals surface area contributed by atoms with Crippen LogP contribution in [0.4, 0.5) is 0 Å². The molecule has 0 saturated carbocycles. The van der Waals surface area contributed by atoms with E-state index >= 15 is 0 Å². The van der Waals surface area contributed by atoms with Crippen molar-refractivity contribution in [2.75, 3.05) is 19.6 Å². The monoisotopic (exact) mass is 308 g/mol. The topological polar surface area (TPSA) is 63.5 Å². The summed E-state index contributed by atoms with van der Waals surface area (Å²) >= 11 is 0. The van der Waals surface area contributed by atoms with Gasteiger partial charge in [0, 0.05) is 31.6 Å². The van der Waals surface area contributed by atoms with Gasteiger partial charge in [-0.3, -0.25) is 4.79 Å². The lowest BCUT2D eigenvalue weighted by molar-refractivity contribution is 0.0909. The van der Waals surface area contributed by atoms with Gasteiger partial charge in [-0.1, -0.05) is 18.2 Å². The summed E-state index contributed by atoms with van der Waals surface area (Å²) in [7, 11) is 0. The van der Waals surface area contributed by atoms with Crippen LogP contribution in [0, 0.1) is 5.92 Å². The standard InChI is InChI=1S/C15H16N2O3.ClH/c18-15(17-10-11-8-16-9-11)13-6-7-14(20-13)19-12-4-2-1-3-5-12;/h1-7,11,16H,8-10H2,(H,17,18);1H. The highest BCUT2D eigenvalue weighted by Crippen LogP contribution is 2.23. The zero-order valence-corrected chi connectivity index (χ0v) is 12.2. The highest BCUT2D eigenvalue weighted by Gasteiger charge is 2.19. The lowest BCUT2D eigenvalue weighted by Crippen LogP contribution is -2.48. The van der Waals surface area contributed by atoms with Gasteiger partial charge in [0.2, 0.25) is 0 Å². The van der Waals surface area contributed by atoms with Crippen molar-refractivity contribution in [3.05, 3.63) is 48.2 Å². The van der Waals surface area contributed by atoms with Gasteiger partial charge in [0.15, 0.2) is 5.76 Å². The summed E-state index contributed by atoms with van der Waals surface area (Å²) in [6, 6.07) is 12.6. The van der Waals surface area contributed by atoms with E-state index in [1.54, 1.807) is 12.1 Å². The minimum absolute atomic E-state index is 0. The number of para-hydroxylation sites is 1. The number of furan rings is 1. The SMILES string of the molecule is Cl.O=C(NCC1CNC1)c1ccc(Oc2ccccc2)o1. The van der Waals surface area contributed by atoms with E-state index in [0.29, 0.717) is 24.2 Å². The number of carbonyl (C=O) groups excluding carboxylic acids is 1. The summed E-state index contributed by atoms with van der Waals surface area (Å²) < 4.78 is 10.9. The number of rotatable bonds is 5. The lowest BCUT2D eigenvalue weighted by atomic mass is 10.0. The first-order valence-corrected chi connectivity index (χ1v) is 6.63. The molecule has 2 N–H and O–H groups in total. The molecule has 3 rings (SSSR count). The first kappa shape index (κ1) is 15.4. The maximum absolute atomic E-state index is 11.9. The fraction of sp³-hybridized carbons (Fsp3) is 0.267. The number of amides is 1. The van der Waals surface area contributed by atoms with Crippen molar-refractivity contribution in [2.24, 2.45) is 5.92 Å². The molecule has 1 aromatic carbocycles. The fourth-order valence-corrected chi connectivity index (χ4v) is 1.92. The summed E-state index contributed by atoms with van der Waals surface area (Å²) in [5, 5.41) is 6.01. The number of hydrogen-bond donors (Lipinski definition) is 2. The van der Waals surface area contributed by atoms with Crippen LogP contribution >= 0.6 is 12.4 Å². The van der Waals surface area contributed by atoms with E-state index in [-0.39, 0.29) is 24.1 Å². The Bertz CT molecular complexity index is 582.